The maximum absolute atomic E-state index is 4.98. The first-order valence-electron chi connectivity index (χ1n) is 4.48. The fourth-order valence-electron chi connectivity index (χ4n) is 0.493. The molecule has 0 N–H and O–H groups in total. The van der Waals surface area contributed by atoms with Crippen LogP contribution in [0, 0.1) is 0 Å². The van der Waals surface area contributed by atoms with E-state index in [9.17, 15) is 0 Å². The highest BCUT2D eigenvalue weighted by Crippen LogP contribution is 1.75. The summed E-state index contributed by atoms with van der Waals surface area (Å²) >= 11 is 0. The van der Waals surface area contributed by atoms with E-state index < -0.39 is 0 Å². The molecule has 0 aliphatic rings. The smallest absolute Gasteiger partial charge is 0.0463 e. The highest BCUT2D eigenvalue weighted by molar-refractivity contribution is 4.19. The zero-order valence-corrected chi connectivity index (χ0v) is 8.35. The minimum atomic E-state index is 0.844. The molecule has 2 nitrogen and oxygen atoms in total. The number of hydrogen-bond acceptors (Lipinski definition) is 2. The molecule has 0 heterocycles. The standard InChI is InChI=1S/C5H12O.C4H10O/c1-3-5-6-4-2;1-3-5-4-2/h3-5H2,1-2H3;3-4H2,1-2H3. The van der Waals surface area contributed by atoms with Crippen LogP contribution in [0.1, 0.15) is 34.1 Å². The molecule has 0 aromatic carbocycles. The molecular weight excluding hydrogens is 140 g/mol. The lowest BCUT2D eigenvalue weighted by Crippen LogP contribution is -1.88. The second kappa shape index (κ2) is 16.5. The number of ether oxygens (including phenoxy) is 2. The third-order valence-electron chi connectivity index (χ3n) is 0.961. The molecule has 70 valence electrons. The molecule has 0 rings (SSSR count). The van der Waals surface area contributed by atoms with Gasteiger partial charge in [0, 0.05) is 26.4 Å². The largest absolute Gasteiger partial charge is 0.382 e. The molecule has 0 aliphatic heterocycles. The van der Waals surface area contributed by atoms with Gasteiger partial charge in [-0.05, 0) is 27.2 Å². The van der Waals surface area contributed by atoms with Crippen LogP contribution in [0.5, 0.6) is 0 Å². The van der Waals surface area contributed by atoms with Crippen molar-refractivity contribution in [3.63, 3.8) is 0 Å². The van der Waals surface area contributed by atoms with Crippen molar-refractivity contribution >= 4 is 0 Å². The Morgan fingerprint density at radius 1 is 0.727 bits per heavy atom. The van der Waals surface area contributed by atoms with Gasteiger partial charge in [-0.2, -0.15) is 0 Å². The molecular formula is C9H22O2. The maximum atomic E-state index is 4.98. The van der Waals surface area contributed by atoms with E-state index >= 15 is 0 Å². The van der Waals surface area contributed by atoms with Crippen molar-refractivity contribution in [1.82, 2.24) is 0 Å². The van der Waals surface area contributed by atoms with Crippen molar-refractivity contribution < 1.29 is 9.47 Å². The zero-order valence-electron chi connectivity index (χ0n) is 8.35. The second-order valence-corrected chi connectivity index (χ2v) is 1.98. The van der Waals surface area contributed by atoms with Crippen molar-refractivity contribution in [2.24, 2.45) is 0 Å². The quantitative estimate of drug-likeness (QED) is 0.578. The topological polar surface area (TPSA) is 18.5 Å². The normalized spacial score (nSPS) is 8.73. The monoisotopic (exact) mass is 162 g/mol. The molecule has 0 aromatic heterocycles. The Hall–Kier alpha value is -0.0800. The molecule has 0 atom stereocenters. The van der Waals surface area contributed by atoms with Gasteiger partial charge in [-0.1, -0.05) is 6.92 Å². The first kappa shape index (κ1) is 13.5. The average molecular weight is 162 g/mol. The Balaban J connectivity index is 0. The first-order chi connectivity index (χ1) is 5.33. The molecule has 0 unspecified atom stereocenters. The SMILES string of the molecule is CCCOCC.CCOCC. The van der Waals surface area contributed by atoms with Crippen LogP contribution < -0.4 is 0 Å². The van der Waals surface area contributed by atoms with Gasteiger partial charge in [-0.25, -0.2) is 0 Å². The van der Waals surface area contributed by atoms with Gasteiger partial charge in [-0.3, -0.25) is 0 Å². The lowest BCUT2D eigenvalue weighted by molar-refractivity contribution is 0.148. The van der Waals surface area contributed by atoms with E-state index in [-0.39, 0.29) is 0 Å². The van der Waals surface area contributed by atoms with Gasteiger partial charge in [0.2, 0.25) is 0 Å². The van der Waals surface area contributed by atoms with E-state index in [1.54, 1.807) is 0 Å². The summed E-state index contributed by atoms with van der Waals surface area (Å²) in [5, 5.41) is 0. The Kier molecular flexibility index (Phi) is 20.2. The summed E-state index contributed by atoms with van der Waals surface area (Å²) in [5.41, 5.74) is 0. The lowest BCUT2D eigenvalue weighted by atomic mass is 10.5. The lowest BCUT2D eigenvalue weighted by Gasteiger charge is -1.91. The summed E-state index contributed by atoms with van der Waals surface area (Å²) in [4.78, 5) is 0. The minimum absolute atomic E-state index is 0.844. The van der Waals surface area contributed by atoms with Crippen molar-refractivity contribution in [2.45, 2.75) is 34.1 Å². The van der Waals surface area contributed by atoms with Crippen LogP contribution in [0.4, 0.5) is 0 Å². The van der Waals surface area contributed by atoms with Gasteiger partial charge in [0.15, 0.2) is 0 Å². The first-order valence-corrected chi connectivity index (χ1v) is 4.48. The molecule has 0 saturated carbocycles. The Bertz CT molecular complexity index is 40.8. The Labute approximate surface area is 70.9 Å². The second-order valence-electron chi connectivity index (χ2n) is 1.98. The summed E-state index contributed by atoms with van der Waals surface area (Å²) in [6.07, 6.45) is 1.13. The number of rotatable bonds is 5. The molecule has 0 aliphatic carbocycles. The van der Waals surface area contributed by atoms with Crippen LogP contribution in [-0.2, 0) is 9.47 Å². The Morgan fingerprint density at radius 2 is 1.18 bits per heavy atom. The van der Waals surface area contributed by atoms with Gasteiger partial charge >= 0.3 is 0 Å². The Morgan fingerprint density at radius 3 is 1.27 bits per heavy atom. The molecule has 2 heteroatoms. The summed E-state index contributed by atoms with van der Waals surface area (Å²) in [6, 6.07) is 0. The maximum Gasteiger partial charge on any atom is 0.0463 e. The fourth-order valence-corrected chi connectivity index (χ4v) is 0.493. The molecule has 0 saturated heterocycles. The van der Waals surface area contributed by atoms with E-state index in [1.165, 1.54) is 0 Å². The van der Waals surface area contributed by atoms with Crippen LogP contribution in [0.25, 0.3) is 0 Å². The summed E-state index contributed by atoms with van der Waals surface area (Å²) in [7, 11) is 0. The third kappa shape index (κ3) is 25.7. The van der Waals surface area contributed by atoms with Crippen LogP contribution >= 0.6 is 0 Å². The van der Waals surface area contributed by atoms with E-state index in [0.29, 0.717) is 0 Å². The van der Waals surface area contributed by atoms with Gasteiger partial charge in [-0.15, -0.1) is 0 Å². The minimum Gasteiger partial charge on any atom is -0.382 e. The zero-order chi connectivity index (χ0) is 8.95. The van der Waals surface area contributed by atoms with E-state index in [4.69, 9.17) is 9.47 Å². The van der Waals surface area contributed by atoms with Gasteiger partial charge in [0.1, 0.15) is 0 Å². The number of hydrogen-bond donors (Lipinski definition) is 0. The van der Waals surface area contributed by atoms with E-state index in [0.717, 1.165) is 32.8 Å². The average Bonchev–Trinajstić information content (AvgIpc) is 2.04. The highest BCUT2D eigenvalue weighted by atomic mass is 16.5. The molecule has 0 aromatic rings. The van der Waals surface area contributed by atoms with Crippen molar-refractivity contribution in [1.29, 1.82) is 0 Å². The van der Waals surface area contributed by atoms with Crippen LogP contribution in [-0.4, -0.2) is 26.4 Å². The van der Waals surface area contributed by atoms with E-state index in [1.807, 2.05) is 20.8 Å². The highest BCUT2D eigenvalue weighted by Gasteiger charge is 1.72. The van der Waals surface area contributed by atoms with Gasteiger partial charge < -0.3 is 9.47 Å². The summed E-state index contributed by atoms with van der Waals surface area (Å²) in [6.45, 7) is 11.6. The molecule has 0 amide bonds. The van der Waals surface area contributed by atoms with Gasteiger partial charge in [0.25, 0.3) is 0 Å². The van der Waals surface area contributed by atoms with Crippen molar-refractivity contribution in [3.8, 4) is 0 Å². The van der Waals surface area contributed by atoms with Crippen molar-refractivity contribution in [3.05, 3.63) is 0 Å². The third-order valence-corrected chi connectivity index (χ3v) is 0.961. The van der Waals surface area contributed by atoms with Crippen LogP contribution in [0.2, 0.25) is 0 Å². The molecule has 11 heavy (non-hydrogen) atoms. The van der Waals surface area contributed by atoms with Crippen molar-refractivity contribution in [2.75, 3.05) is 26.4 Å². The molecule has 0 bridgehead atoms. The van der Waals surface area contributed by atoms with Crippen LogP contribution in [0.15, 0.2) is 0 Å². The van der Waals surface area contributed by atoms with Crippen LogP contribution in [0.3, 0.4) is 0 Å². The molecule has 0 spiro atoms. The predicted octanol–water partition coefficient (Wildman–Crippen LogP) is 2.48. The summed E-state index contributed by atoms with van der Waals surface area (Å²) < 4.78 is 9.82. The fraction of sp³-hybridized carbons (Fsp3) is 1.00. The van der Waals surface area contributed by atoms with E-state index in [2.05, 4.69) is 6.92 Å². The molecule has 0 fully saturated rings. The summed E-state index contributed by atoms with van der Waals surface area (Å²) in [5.74, 6) is 0. The predicted molar refractivity (Wildman–Crippen MR) is 49.0 cm³/mol. The van der Waals surface area contributed by atoms with Gasteiger partial charge in [0.05, 0.1) is 0 Å². The molecule has 0 radical (unpaired) electrons.